The summed E-state index contributed by atoms with van der Waals surface area (Å²) in [6.07, 6.45) is 0.171. The maximum atomic E-state index is 12.5. The number of benzene rings is 2. The molecule has 0 unspecified atom stereocenters. The van der Waals surface area contributed by atoms with Crippen molar-refractivity contribution in [1.29, 1.82) is 0 Å². The van der Waals surface area contributed by atoms with Gasteiger partial charge in [0.2, 0.25) is 5.91 Å². The van der Waals surface area contributed by atoms with Crippen LogP contribution in [0.1, 0.15) is 22.1 Å². The minimum atomic E-state index is -0.154. The van der Waals surface area contributed by atoms with Crippen LogP contribution in [0, 0.1) is 13.8 Å². The lowest BCUT2D eigenvalue weighted by Gasteiger charge is -2.10. The third kappa shape index (κ3) is 5.25. The van der Waals surface area contributed by atoms with Crippen molar-refractivity contribution in [3.05, 3.63) is 75.0 Å². The van der Waals surface area contributed by atoms with Crippen LogP contribution in [0.25, 0.3) is 5.69 Å². The number of nitrogens with one attached hydrogen (secondary N) is 1. The molecule has 1 amide bonds. The molecule has 0 atom stereocenters. The Morgan fingerprint density at radius 1 is 1.19 bits per heavy atom. The van der Waals surface area contributed by atoms with Crippen molar-refractivity contribution in [3.63, 3.8) is 0 Å². The zero-order valence-electron chi connectivity index (χ0n) is 16.9. The quantitative estimate of drug-likeness (QED) is 0.450. The Hall–Kier alpha value is -3.30. The molecule has 1 N–H and O–H groups in total. The summed E-state index contributed by atoms with van der Waals surface area (Å²) in [5.41, 5.74) is 3.18. The first kappa shape index (κ1) is 21.0. The van der Waals surface area contributed by atoms with Crippen molar-refractivity contribution in [2.45, 2.75) is 26.9 Å². The van der Waals surface area contributed by atoms with Crippen molar-refractivity contribution < 1.29 is 9.53 Å². The van der Waals surface area contributed by atoms with Gasteiger partial charge < -0.3 is 10.1 Å². The van der Waals surface area contributed by atoms with Gasteiger partial charge in [0.15, 0.2) is 5.82 Å². The van der Waals surface area contributed by atoms with Crippen molar-refractivity contribution in [3.8, 4) is 11.4 Å². The standard InChI is InChI=1S/C21H19ClN6O2S/c1-13-3-6-16(9-19(13)28-14(2)25-26-27-28)23-20(29)10-17-12-31-21(24-17)11-30-18-7-4-15(22)5-8-18/h3-9,12H,10-11H2,1-2H3,(H,23,29). The number of carbonyl (C=O) groups excluding carboxylic acids is 1. The summed E-state index contributed by atoms with van der Waals surface area (Å²) in [5, 5.41) is 17.8. The summed E-state index contributed by atoms with van der Waals surface area (Å²) in [7, 11) is 0. The second-order valence-electron chi connectivity index (χ2n) is 6.84. The molecule has 0 saturated heterocycles. The molecular weight excluding hydrogens is 436 g/mol. The van der Waals surface area contributed by atoms with Gasteiger partial charge in [-0.05, 0) is 66.2 Å². The van der Waals surface area contributed by atoms with E-state index in [1.807, 2.05) is 37.4 Å². The number of anilines is 1. The number of halogens is 1. The number of thiazole rings is 1. The SMILES string of the molecule is Cc1ccc(NC(=O)Cc2csc(COc3ccc(Cl)cc3)n2)cc1-n1nnnc1C. The first-order valence-corrected chi connectivity index (χ1v) is 10.7. The molecule has 8 nitrogen and oxygen atoms in total. The van der Waals surface area contributed by atoms with Crippen molar-refractivity contribution >= 4 is 34.5 Å². The van der Waals surface area contributed by atoms with E-state index >= 15 is 0 Å². The molecule has 2 heterocycles. The van der Waals surface area contributed by atoms with Gasteiger partial charge in [-0.2, -0.15) is 4.68 Å². The zero-order chi connectivity index (χ0) is 21.8. The van der Waals surface area contributed by atoms with Crippen molar-refractivity contribution in [2.75, 3.05) is 5.32 Å². The van der Waals surface area contributed by atoms with Gasteiger partial charge in [0.1, 0.15) is 17.4 Å². The molecule has 0 radical (unpaired) electrons. The van der Waals surface area contributed by atoms with Gasteiger partial charge in [0.05, 0.1) is 17.8 Å². The first-order chi connectivity index (χ1) is 15.0. The van der Waals surface area contributed by atoms with Crippen molar-refractivity contribution in [2.24, 2.45) is 0 Å². The number of rotatable bonds is 7. The Balaban J connectivity index is 1.36. The molecule has 2 aromatic heterocycles. The van der Waals surface area contributed by atoms with E-state index in [0.29, 0.717) is 34.6 Å². The van der Waals surface area contributed by atoms with Crippen LogP contribution in [-0.2, 0) is 17.8 Å². The van der Waals surface area contributed by atoms with Gasteiger partial charge in [-0.3, -0.25) is 4.79 Å². The summed E-state index contributed by atoms with van der Waals surface area (Å²) in [4.78, 5) is 17.0. The maximum absolute atomic E-state index is 12.5. The van der Waals surface area contributed by atoms with Gasteiger partial charge in [-0.15, -0.1) is 16.4 Å². The zero-order valence-corrected chi connectivity index (χ0v) is 18.4. The summed E-state index contributed by atoms with van der Waals surface area (Å²) < 4.78 is 7.34. The maximum Gasteiger partial charge on any atom is 0.230 e. The van der Waals surface area contributed by atoms with Gasteiger partial charge >= 0.3 is 0 Å². The van der Waals surface area contributed by atoms with Gasteiger partial charge in [0, 0.05) is 16.1 Å². The molecule has 0 aliphatic heterocycles. The number of amides is 1. The molecule has 0 saturated carbocycles. The molecule has 0 fully saturated rings. The van der Waals surface area contributed by atoms with E-state index in [9.17, 15) is 4.79 Å². The average molecular weight is 455 g/mol. The topological polar surface area (TPSA) is 94.8 Å². The summed E-state index contributed by atoms with van der Waals surface area (Å²) in [5.74, 6) is 1.23. The Morgan fingerprint density at radius 2 is 2.00 bits per heavy atom. The lowest BCUT2D eigenvalue weighted by Crippen LogP contribution is -2.15. The highest BCUT2D eigenvalue weighted by Gasteiger charge is 2.12. The molecule has 31 heavy (non-hydrogen) atoms. The number of hydrogen-bond acceptors (Lipinski definition) is 7. The Labute approximate surface area is 187 Å². The summed E-state index contributed by atoms with van der Waals surface area (Å²) in [6, 6.07) is 12.8. The third-order valence-electron chi connectivity index (χ3n) is 4.46. The lowest BCUT2D eigenvalue weighted by atomic mass is 10.1. The number of tetrazole rings is 1. The van der Waals surface area contributed by atoms with Gasteiger partial charge in [-0.25, -0.2) is 4.98 Å². The lowest BCUT2D eigenvalue weighted by molar-refractivity contribution is -0.115. The van der Waals surface area contributed by atoms with Crippen LogP contribution in [-0.4, -0.2) is 31.1 Å². The normalized spacial score (nSPS) is 10.8. The van der Waals surface area contributed by atoms with Gasteiger partial charge in [0.25, 0.3) is 0 Å². The fourth-order valence-corrected chi connectivity index (χ4v) is 3.74. The molecular formula is C21H19ClN6O2S. The number of carbonyl (C=O) groups is 1. The molecule has 0 bridgehead atoms. The van der Waals surface area contributed by atoms with E-state index in [0.717, 1.165) is 16.3 Å². The van der Waals surface area contributed by atoms with E-state index < -0.39 is 0 Å². The van der Waals surface area contributed by atoms with E-state index in [4.69, 9.17) is 16.3 Å². The molecule has 0 aliphatic carbocycles. The van der Waals surface area contributed by atoms with Crippen LogP contribution >= 0.6 is 22.9 Å². The Bertz CT molecular complexity index is 1200. The Kier molecular flexibility index (Phi) is 6.24. The smallest absolute Gasteiger partial charge is 0.230 e. The molecule has 0 aliphatic rings. The third-order valence-corrected chi connectivity index (χ3v) is 5.59. The number of ether oxygens (including phenoxy) is 1. The van der Waals surface area contributed by atoms with E-state index in [2.05, 4.69) is 25.8 Å². The number of aryl methyl sites for hydroxylation is 2. The van der Waals surface area contributed by atoms with E-state index in [-0.39, 0.29) is 12.3 Å². The molecule has 4 aromatic rings. The second-order valence-corrected chi connectivity index (χ2v) is 8.22. The molecule has 4 rings (SSSR count). The van der Waals surface area contributed by atoms with Crippen LogP contribution in [0.2, 0.25) is 5.02 Å². The van der Waals surface area contributed by atoms with Gasteiger partial charge in [-0.1, -0.05) is 17.7 Å². The minimum absolute atomic E-state index is 0.154. The highest BCUT2D eigenvalue weighted by atomic mass is 35.5. The average Bonchev–Trinajstić information content (AvgIpc) is 3.37. The summed E-state index contributed by atoms with van der Waals surface area (Å²) >= 11 is 7.33. The van der Waals surface area contributed by atoms with Crippen LogP contribution in [0.15, 0.2) is 47.8 Å². The number of nitrogens with zero attached hydrogens (tertiary/aromatic N) is 5. The monoisotopic (exact) mass is 454 g/mol. The number of hydrogen-bond donors (Lipinski definition) is 1. The molecule has 0 spiro atoms. The second kappa shape index (κ2) is 9.23. The minimum Gasteiger partial charge on any atom is -0.486 e. The van der Waals surface area contributed by atoms with Crippen LogP contribution in [0.3, 0.4) is 0 Å². The number of aromatic nitrogens is 5. The van der Waals surface area contributed by atoms with Crippen molar-refractivity contribution in [1.82, 2.24) is 25.2 Å². The Morgan fingerprint density at radius 3 is 2.74 bits per heavy atom. The predicted molar refractivity (Wildman–Crippen MR) is 119 cm³/mol. The predicted octanol–water partition coefficient (Wildman–Crippen LogP) is 4.15. The highest BCUT2D eigenvalue weighted by molar-refractivity contribution is 7.09. The van der Waals surface area contributed by atoms with E-state index in [1.165, 1.54) is 11.3 Å². The molecule has 10 heteroatoms. The van der Waals surface area contributed by atoms with Crippen LogP contribution in [0.4, 0.5) is 5.69 Å². The molecule has 2 aromatic carbocycles. The van der Waals surface area contributed by atoms with Crippen LogP contribution in [0.5, 0.6) is 5.75 Å². The largest absolute Gasteiger partial charge is 0.486 e. The fraction of sp³-hybridized carbons (Fsp3) is 0.190. The summed E-state index contributed by atoms with van der Waals surface area (Å²) in [6.45, 7) is 4.12. The van der Waals surface area contributed by atoms with Crippen LogP contribution < -0.4 is 10.1 Å². The van der Waals surface area contributed by atoms with E-state index in [1.54, 1.807) is 28.9 Å². The highest BCUT2D eigenvalue weighted by Crippen LogP contribution is 2.21. The first-order valence-electron chi connectivity index (χ1n) is 9.45. The molecule has 158 valence electrons. The fourth-order valence-electron chi connectivity index (χ4n) is 2.91.